The van der Waals surface area contributed by atoms with E-state index in [0.717, 1.165) is 6.92 Å². The van der Waals surface area contributed by atoms with Gasteiger partial charge in [-0.05, 0) is 26.7 Å². The molecule has 0 aromatic carbocycles. The number of carboxylic acids is 1. The number of rotatable bonds is 2. The van der Waals surface area contributed by atoms with Crippen molar-refractivity contribution in [2.75, 3.05) is 0 Å². The van der Waals surface area contributed by atoms with E-state index < -0.39 is 28.9 Å². The van der Waals surface area contributed by atoms with Gasteiger partial charge in [-0.3, -0.25) is 4.79 Å². The molecular formula is C10H16O5. The summed E-state index contributed by atoms with van der Waals surface area (Å²) in [6, 6.07) is 0. The SMILES string of the molecule is CC1(O)CCC(C(C)(O)C(=O)O)C(=O)C1. The van der Waals surface area contributed by atoms with Crippen LogP contribution in [0.25, 0.3) is 0 Å². The van der Waals surface area contributed by atoms with Gasteiger partial charge in [-0.15, -0.1) is 0 Å². The summed E-state index contributed by atoms with van der Waals surface area (Å²) in [4.78, 5) is 22.3. The molecule has 0 radical (unpaired) electrons. The number of aliphatic hydroxyl groups is 2. The number of carbonyl (C=O) groups is 2. The van der Waals surface area contributed by atoms with Gasteiger partial charge in [0.05, 0.1) is 11.5 Å². The lowest BCUT2D eigenvalue weighted by atomic mass is 9.72. The number of hydrogen-bond donors (Lipinski definition) is 3. The molecule has 3 atom stereocenters. The maximum absolute atomic E-state index is 11.6. The highest BCUT2D eigenvalue weighted by molar-refractivity contribution is 5.90. The normalized spacial score (nSPS) is 36.0. The zero-order chi connectivity index (χ0) is 11.9. The first-order valence-electron chi connectivity index (χ1n) is 4.88. The summed E-state index contributed by atoms with van der Waals surface area (Å²) in [5, 5.41) is 28.0. The molecule has 1 fully saturated rings. The Labute approximate surface area is 87.7 Å². The topological polar surface area (TPSA) is 94.8 Å². The summed E-state index contributed by atoms with van der Waals surface area (Å²) in [5.41, 5.74) is -3.10. The van der Waals surface area contributed by atoms with Crippen LogP contribution in [0.4, 0.5) is 0 Å². The van der Waals surface area contributed by atoms with Crippen LogP contribution < -0.4 is 0 Å². The summed E-state index contributed by atoms with van der Waals surface area (Å²) < 4.78 is 0. The molecule has 1 saturated carbocycles. The van der Waals surface area contributed by atoms with Crippen molar-refractivity contribution in [1.82, 2.24) is 0 Å². The minimum absolute atomic E-state index is 0.0961. The maximum atomic E-state index is 11.6. The number of aliphatic carboxylic acids is 1. The molecule has 1 rings (SSSR count). The molecule has 1 aliphatic carbocycles. The van der Waals surface area contributed by atoms with Gasteiger partial charge in [0.1, 0.15) is 5.78 Å². The van der Waals surface area contributed by atoms with E-state index in [2.05, 4.69) is 0 Å². The van der Waals surface area contributed by atoms with Crippen molar-refractivity contribution in [1.29, 1.82) is 0 Å². The zero-order valence-corrected chi connectivity index (χ0v) is 8.86. The first-order valence-corrected chi connectivity index (χ1v) is 4.88. The van der Waals surface area contributed by atoms with Crippen LogP contribution in [0.2, 0.25) is 0 Å². The van der Waals surface area contributed by atoms with Crippen molar-refractivity contribution < 1.29 is 24.9 Å². The molecule has 0 aromatic heterocycles. The summed E-state index contributed by atoms with van der Waals surface area (Å²) in [6.45, 7) is 2.66. The molecule has 0 aromatic rings. The lowest BCUT2D eigenvalue weighted by Crippen LogP contribution is -2.51. The van der Waals surface area contributed by atoms with E-state index in [0.29, 0.717) is 6.42 Å². The number of carboxylic acid groups (broad SMARTS) is 1. The van der Waals surface area contributed by atoms with Crippen molar-refractivity contribution in [2.24, 2.45) is 5.92 Å². The summed E-state index contributed by atoms with van der Waals surface area (Å²) in [7, 11) is 0. The molecule has 0 saturated heterocycles. The van der Waals surface area contributed by atoms with Crippen LogP contribution in [-0.4, -0.2) is 38.3 Å². The second-order valence-corrected chi connectivity index (χ2v) is 4.68. The number of ketones is 1. The number of hydrogen-bond acceptors (Lipinski definition) is 4. The Bertz CT molecular complexity index is 292. The van der Waals surface area contributed by atoms with Crippen LogP contribution in [0.15, 0.2) is 0 Å². The highest BCUT2D eigenvalue weighted by Gasteiger charge is 2.48. The van der Waals surface area contributed by atoms with E-state index in [1.807, 2.05) is 0 Å². The molecule has 1 aliphatic rings. The molecule has 0 aliphatic heterocycles. The highest BCUT2D eigenvalue weighted by atomic mass is 16.4. The molecule has 0 heterocycles. The minimum Gasteiger partial charge on any atom is -0.479 e. The molecule has 3 unspecified atom stereocenters. The smallest absolute Gasteiger partial charge is 0.336 e. The molecular weight excluding hydrogens is 200 g/mol. The van der Waals surface area contributed by atoms with Gasteiger partial charge in [0.15, 0.2) is 5.60 Å². The number of Topliss-reactive ketones (excluding diaryl/α,β-unsaturated/α-hetero) is 1. The van der Waals surface area contributed by atoms with Crippen LogP contribution in [0.1, 0.15) is 33.1 Å². The fourth-order valence-electron chi connectivity index (χ4n) is 1.95. The largest absolute Gasteiger partial charge is 0.479 e. The first kappa shape index (κ1) is 12.1. The Balaban J connectivity index is 2.83. The predicted octanol–water partition coefficient (Wildman–Crippen LogP) is -0.0578. The Morgan fingerprint density at radius 3 is 2.53 bits per heavy atom. The lowest BCUT2D eigenvalue weighted by Gasteiger charge is -2.36. The Kier molecular flexibility index (Phi) is 2.89. The quantitative estimate of drug-likeness (QED) is 0.601. The van der Waals surface area contributed by atoms with E-state index in [1.165, 1.54) is 6.92 Å². The number of carbonyl (C=O) groups excluding carboxylic acids is 1. The summed E-state index contributed by atoms with van der Waals surface area (Å²) in [6.07, 6.45) is 0.430. The van der Waals surface area contributed by atoms with Gasteiger partial charge in [-0.1, -0.05) is 0 Å². The molecule has 0 bridgehead atoms. The van der Waals surface area contributed by atoms with E-state index in [9.17, 15) is 19.8 Å². The van der Waals surface area contributed by atoms with E-state index >= 15 is 0 Å². The van der Waals surface area contributed by atoms with Gasteiger partial charge >= 0.3 is 5.97 Å². The Morgan fingerprint density at radius 2 is 2.13 bits per heavy atom. The van der Waals surface area contributed by atoms with Gasteiger partial charge in [-0.2, -0.15) is 0 Å². The second-order valence-electron chi connectivity index (χ2n) is 4.68. The van der Waals surface area contributed by atoms with Crippen molar-refractivity contribution in [3.8, 4) is 0 Å². The fourth-order valence-corrected chi connectivity index (χ4v) is 1.95. The van der Waals surface area contributed by atoms with Gasteiger partial charge < -0.3 is 15.3 Å². The van der Waals surface area contributed by atoms with Gasteiger partial charge in [0.25, 0.3) is 0 Å². The Hall–Kier alpha value is -0.940. The third kappa shape index (κ3) is 2.35. The van der Waals surface area contributed by atoms with Crippen LogP contribution in [-0.2, 0) is 9.59 Å². The molecule has 0 spiro atoms. The van der Waals surface area contributed by atoms with Crippen LogP contribution in [0.5, 0.6) is 0 Å². The van der Waals surface area contributed by atoms with E-state index in [-0.39, 0.29) is 12.8 Å². The monoisotopic (exact) mass is 216 g/mol. The third-order valence-electron chi connectivity index (χ3n) is 3.03. The summed E-state index contributed by atoms with van der Waals surface area (Å²) in [5.74, 6) is -2.71. The van der Waals surface area contributed by atoms with Crippen molar-refractivity contribution in [3.63, 3.8) is 0 Å². The average molecular weight is 216 g/mol. The summed E-state index contributed by atoms with van der Waals surface area (Å²) >= 11 is 0. The van der Waals surface area contributed by atoms with Gasteiger partial charge in [-0.25, -0.2) is 4.79 Å². The average Bonchev–Trinajstić information content (AvgIpc) is 2.00. The molecule has 5 heteroatoms. The standard InChI is InChI=1S/C10H16O5/c1-9(14)4-3-6(7(11)5-9)10(2,15)8(12)13/h6,14-15H,3-5H2,1-2H3,(H,12,13). The van der Waals surface area contributed by atoms with Gasteiger partial charge in [0.2, 0.25) is 0 Å². The van der Waals surface area contributed by atoms with Crippen LogP contribution in [0.3, 0.4) is 0 Å². The van der Waals surface area contributed by atoms with Crippen molar-refractivity contribution >= 4 is 11.8 Å². The second kappa shape index (κ2) is 3.57. The van der Waals surface area contributed by atoms with Crippen LogP contribution >= 0.6 is 0 Å². The maximum Gasteiger partial charge on any atom is 0.336 e. The van der Waals surface area contributed by atoms with Gasteiger partial charge in [0, 0.05) is 6.42 Å². The first-order chi connectivity index (χ1) is 6.67. The molecule has 15 heavy (non-hydrogen) atoms. The molecule has 5 nitrogen and oxygen atoms in total. The molecule has 86 valence electrons. The van der Waals surface area contributed by atoms with E-state index in [1.54, 1.807) is 0 Å². The molecule has 3 N–H and O–H groups in total. The van der Waals surface area contributed by atoms with Crippen molar-refractivity contribution in [2.45, 2.75) is 44.3 Å². The minimum atomic E-state index is -2.03. The van der Waals surface area contributed by atoms with Crippen LogP contribution in [0, 0.1) is 5.92 Å². The molecule has 0 amide bonds. The highest BCUT2D eigenvalue weighted by Crippen LogP contribution is 2.35. The third-order valence-corrected chi connectivity index (χ3v) is 3.03. The zero-order valence-electron chi connectivity index (χ0n) is 8.86. The van der Waals surface area contributed by atoms with Crippen molar-refractivity contribution in [3.05, 3.63) is 0 Å². The predicted molar refractivity (Wildman–Crippen MR) is 51.2 cm³/mol. The lowest BCUT2D eigenvalue weighted by molar-refractivity contribution is -0.170. The van der Waals surface area contributed by atoms with E-state index in [4.69, 9.17) is 5.11 Å². The Morgan fingerprint density at radius 1 is 1.60 bits per heavy atom. The fraction of sp³-hybridized carbons (Fsp3) is 0.800.